The van der Waals surface area contributed by atoms with E-state index < -0.39 is 18.0 Å². The molecule has 6 nitrogen and oxygen atoms in total. The van der Waals surface area contributed by atoms with E-state index in [1.165, 1.54) is 5.56 Å². The van der Waals surface area contributed by atoms with Gasteiger partial charge in [0.1, 0.15) is 0 Å². The highest BCUT2D eigenvalue weighted by Crippen LogP contribution is 2.26. The highest BCUT2D eigenvalue weighted by Gasteiger charge is 2.37. The molecule has 2 heterocycles. The van der Waals surface area contributed by atoms with Crippen LogP contribution in [0.15, 0.2) is 24.3 Å². The minimum Gasteiger partial charge on any atom is -0.452 e. The van der Waals surface area contributed by atoms with Crippen LogP contribution >= 0.6 is 0 Å². The lowest BCUT2D eigenvalue weighted by atomic mass is 10.1. The van der Waals surface area contributed by atoms with Crippen molar-refractivity contribution in [3.05, 3.63) is 29.8 Å². The van der Waals surface area contributed by atoms with Crippen LogP contribution in [0.4, 0.5) is 5.69 Å². The van der Waals surface area contributed by atoms with Crippen molar-refractivity contribution in [3.8, 4) is 0 Å². The van der Waals surface area contributed by atoms with Crippen molar-refractivity contribution < 1.29 is 19.1 Å². The van der Waals surface area contributed by atoms with Crippen LogP contribution in [0.3, 0.4) is 0 Å². The first-order chi connectivity index (χ1) is 13.5. The van der Waals surface area contributed by atoms with Gasteiger partial charge in [0.05, 0.1) is 5.92 Å². The summed E-state index contributed by atoms with van der Waals surface area (Å²) in [5, 5.41) is 0. The SMILES string of the molecule is CCc1ccc(N2CC(C(=O)OC(C)C(=O)N3CCCCCC3)CC2=O)cc1. The molecule has 0 aromatic heterocycles. The number of amides is 2. The predicted molar refractivity (Wildman–Crippen MR) is 107 cm³/mol. The second-order valence-corrected chi connectivity index (χ2v) is 7.74. The van der Waals surface area contributed by atoms with Crippen LogP contribution in [-0.2, 0) is 25.5 Å². The number of nitrogens with zero attached hydrogens (tertiary/aromatic N) is 2. The summed E-state index contributed by atoms with van der Waals surface area (Å²) in [7, 11) is 0. The number of carbonyl (C=O) groups is 3. The molecule has 0 N–H and O–H groups in total. The van der Waals surface area contributed by atoms with Crippen LogP contribution in [0.25, 0.3) is 0 Å². The number of ether oxygens (including phenoxy) is 1. The van der Waals surface area contributed by atoms with Crippen LogP contribution in [0.2, 0.25) is 0 Å². The standard InChI is InChI=1S/C22H30N2O4/c1-3-17-8-10-19(11-9-17)24-15-18(14-20(24)25)22(27)28-16(2)21(26)23-12-6-4-5-7-13-23/h8-11,16,18H,3-7,12-15H2,1-2H3. The lowest BCUT2D eigenvalue weighted by Gasteiger charge is -2.24. The zero-order valence-electron chi connectivity index (χ0n) is 16.9. The lowest BCUT2D eigenvalue weighted by Crippen LogP contribution is -2.41. The molecule has 2 aliphatic heterocycles. The molecule has 2 atom stereocenters. The van der Waals surface area contributed by atoms with Crippen molar-refractivity contribution in [1.82, 2.24) is 4.90 Å². The van der Waals surface area contributed by atoms with Crippen LogP contribution in [0, 0.1) is 5.92 Å². The molecule has 1 aromatic carbocycles. The Bertz CT molecular complexity index is 708. The number of rotatable bonds is 5. The molecule has 2 saturated heterocycles. The van der Waals surface area contributed by atoms with E-state index in [1.807, 2.05) is 24.3 Å². The van der Waals surface area contributed by atoms with Gasteiger partial charge >= 0.3 is 5.97 Å². The molecule has 0 spiro atoms. The van der Waals surface area contributed by atoms with Crippen LogP contribution in [-0.4, -0.2) is 48.4 Å². The van der Waals surface area contributed by atoms with Crippen molar-refractivity contribution >= 4 is 23.5 Å². The molecule has 152 valence electrons. The molecule has 2 amide bonds. The van der Waals surface area contributed by atoms with Gasteiger partial charge in [-0.15, -0.1) is 0 Å². The van der Waals surface area contributed by atoms with E-state index in [-0.39, 0.29) is 18.2 Å². The highest BCUT2D eigenvalue weighted by molar-refractivity contribution is 5.99. The second kappa shape index (κ2) is 9.22. The molecular weight excluding hydrogens is 356 g/mol. The third-order valence-electron chi connectivity index (χ3n) is 5.67. The van der Waals surface area contributed by atoms with E-state index in [1.54, 1.807) is 16.7 Å². The number of anilines is 1. The second-order valence-electron chi connectivity index (χ2n) is 7.74. The summed E-state index contributed by atoms with van der Waals surface area (Å²) in [6, 6.07) is 7.82. The third kappa shape index (κ3) is 4.72. The maximum atomic E-state index is 12.6. The van der Waals surface area contributed by atoms with E-state index in [9.17, 15) is 14.4 Å². The molecule has 0 radical (unpaired) electrons. The minimum absolute atomic E-state index is 0.0855. The number of hydrogen-bond donors (Lipinski definition) is 0. The number of benzene rings is 1. The molecule has 0 saturated carbocycles. The fourth-order valence-corrected chi connectivity index (χ4v) is 3.90. The Morgan fingerprint density at radius 1 is 1.11 bits per heavy atom. The molecule has 0 aliphatic carbocycles. The van der Waals surface area contributed by atoms with Crippen LogP contribution < -0.4 is 4.90 Å². The van der Waals surface area contributed by atoms with Crippen molar-refractivity contribution in [2.75, 3.05) is 24.5 Å². The first kappa shape index (κ1) is 20.4. The quantitative estimate of drug-likeness (QED) is 0.730. The summed E-state index contributed by atoms with van der Waals surface area (Å²) in [4.78, 5) is 41.0. The summed E-state index contributed by atoms with van der Waals surface area (Å²) in [6.07, 6.45) is 4.52. The number of aryl methyl sites for hydroxylation is 1. The molecular formula is C22H30N2O4. The monoisotopic (exact) mass is 386 g/mol. The number of esters is 1. The fourth-order valence-electron chi connectivity index (χ4n) is 3.90. The predicted octanol–water partition coefficient (Wildman–Crippen LogP) is 2.94. The van der Waals surface area contributed by atoms with E-state index in [0.29, 0.717) is 6.54 Å². The lowest BCUT2D eigenvalue weighted by molar-refractivity contribution is -0.162. The molecule has 0 bridgehead atoms. The largest absolute Gasteiger partial charge is 0.452 e. The van der Waals surface area contributed by atoms with Gasteiger partial charge in [-0.1, -0.05) is 31.9 Å². The summed E-state index contributed by atoms with van der Waals surface area (Å²) in [5.74, 6) is -1.21. The van der Waals surface area contributed by atoms with Crippen LogP contribution in [0.5, 0.6) is 0 Å². The Kier molecular flexibility index (Phi) is 6.70. The Labute approximate surface area is 166 Å². The molecule has 28 heavy (non-hydrogen) atoms. The molecule has 3 rings (SSSR count). The van der Waals surface area contributed by atoms with Gasteiger partial charge in [0.25, 0.3) is 5.91 Å². The van der Waals surface area contributed by atoms with Gasteiger partial charge in [-0.25, -0.2) is 0 Å². The van der Waals surface area contributed by atoms with Gasteiger partial charge in [0.15, 0.2) is 6.10 Å². The maximum Gasteiger partial charge on any atom is 0.312 e. The Morgan fingerprint density at radius 2 is 1.75 bits per heavy atom. The van der Waals surface area contributed by atoms with Gasteiger partial charge < -0.3 is 14.5 Å². The molecule has 2 aliphatic rings. The van der Waals surface area contributed by atoms with Gasteiger partial charge in [0, 0.05) is 31.7 Å². The van der Waals surface area contributed by atoms with E-state index >= 15 is 0 Å². The summed E-state index contributed by atoms with van der Waals surface area (Å²) >= 11 is 0. The zero-order chi connectivity index (χ0) is 20.1. The van der Waals surface area contributed by atoms with Gasteiger partial charge in [-0.3, -0.25) is 14.4 Å². The van der Waals surface area contributed by atoms with Crippen molar-refractivity contribution in [2.24, 2.45) is 5.92 Å². The maximum absolute atomic E-state index is 12.6. The molecule has 2 fully saturated rings. The molecule has 6 heteroatoms. The zero-order valence-corrected chi connectivity index (χ0v) is 16.9. The van der Waals surface area contributed by atoms with E-state index in [4.69, 9.17) is 4.74 Å². The first-order valence-corrected chi connectivity index (χ1v) is 10.4. The fraction of sp³-hybridized carbons (Fsp3) is 0.591. The van der Waals surface area contributed by atoms with Gasteiger partial charge in [-0.05, 0) is 43.9 Å². The first-order valence-electron chi connectivity index (χ1n) is 10.4. The average Bonchev–Trinajstić information content (AvgIpc) is 2.91. The Morgan fingerprint density at radius 3 is 2.36 bits per heavy atom. The van der Waals surface area contributed by atoms with Crippen molar-refractivity contribution in [2.45, 2.75) is 58.5 Å². The Hall–Kier alpha value is -2.37. The van der Waals surface area contributed by atoms with Gasteiger partial charge in [0.2, 0.25) is 5.91 Å². The smallest absolute Gasteiger partial charge is 0.312 e. The number of carbonyl (C=O) groups excluding carboxylic acids is 3. The number of hydrogen-bond acceptors (Lipinski definition) is 4. The topological polar surface area (TPSA) is 66.9 Å². The van der Waals surface area contributed by atoms with Crippen LogP contribution in [0.1, 0.15) is 51.5 Å². The number of likely N-dealkylation sites (tertiary alicyclic amines) is 1. The molecule has 2 unspecified atom stereocenters. The average molecular weight is 386 g/mol. The van der Waals surface area contributed by atoms with Crippen molar-refractivity contribution in [1.29, 1.82) is 0 Å². The minimum atomic E-state index is -0.807. The molecule has 1 aromatic rings. The Balaban J connectivity index is 1.56. The summed E-state index contributed by atoms with van der Waals surface area (Å²) < 4.78 is 5.45. The third-order valence-corrected chi connectivity index (χ3v) is 5.67. The summed E-state index contributed by atoms with van der Waals surface area (Å²) in [5.41, 5.74) is 2.00. The van der Waals surface area contributed by atoms with E-state index in [0.717, 1.165) is 50.9 Å². The summed E-state index contributed by atoms with van der Waals surface area (Å²) in [6.45, 7) is 5.46. The van der Waals surface area contributed by atoms with Gasteiger partial charge in [-0.2, -0.15) is 0 Å². The highest BCUT2D eigenvalue weighted by atomic mass is 16.5. The van der Waals surface area contributed by atoms with E-state index in [2.05, 4.69) is 6.92 Å². The van der Waals surface area contributed by atoms with Crippen molar-refractivity contribution in [3.63, 3.8) is 0 Å². The normalized spacial score (nSPS) is 21.4.